The number of hydrogen-bond acceptors (Lipinski definition) is 5. The highest BCUT2D eigenvalue weighted by Crippen LogP contribution is 2.51. The van der Waals surface area contributed by atoms with Crippen LogP contribution in [0.25, 0.3) is 11.2 Å². The van der Waals surface area contributed by atoms with E-state index in [-0.39, 0.29) is 11.4 Å². The first-order valence-corrected chi connectivity index (χ1v) is 6.01. The zero-order chi connectivity index (χ0) is 12.3. The second kappa shape index (κ2) is 3.09. The van der Waals surface area contributed by atoms with Crippen LogP contribution in [0.2, 0.25) is 0 Å². The third-order valence-electron chi connectivity index (χ3n) is 3.94. The van der Waals surface area contributed by atoms with Crippen molar-refractivity contribution in [1.29, 1.82) is 0 Å². The summed E-state index contributed by atoms with van der Waals surface area (Å²) in [6.45, 7) is 1.69. The minimum absolute atomic E-state index is 0.172. The Kier molecular flexibility index (Phi) is 1.73. The zero-order valence-electron chi connectivity index (χ0n) is 9.73. The Morgan fingerprint density at radius 3 is 2.89 bits per heavy atom. The van der Waals surface area contributed by atoms with Crippen LogP contribution in [0.5, 0.6) is 0 Å². The van der Waals surface area contributed by atoms with Gasteiger partial charge in [0.15, 0.2) is 11.5 Å². The first-order valence-electron chi connectivity index (χ1n) is 6.01. The van der Waals surface area contributed by atoms with E-state index in [0.29, 0.717) is 18.5 Å². The maximum atomic E-state index is 13.0. The molecule has 6 nitrogen and oxygen atoms in total. The number of nitrogens with two attached hydrogens (primary N) is 1. The van der Waals surface area contributed by atoms with Gasteiger partial charge in [-0.15, -0.1) is 0 Å². The first kappa shape index (κ1) is 10.0. The van der Waals surface area contributed by atoms with E-state index < -0.39 is 6.17 Å². The normalized spacial score (nSPS) is 22.2. The molecule has 2 aromatic heterocycles. The fourth-order valence-corrected chi connectivity index (χ4v) is 3.11. The van der Waals surface area contributed by atoms with Gasteiger partial charge in [-0.05, 0) is 12.8 Å². The Balaban J connectivity index is 1.66. The maximum Gasteiger partial charge on any atom is 0.224 e. The number of nitrogen functional groups attached to an aromatic ring is 1. The zero-order valence-corrected chi connectivity index (χ0v) is 9.73. The molecule has 94 valence electrons. The molecule has 0 radical (unpaired) electrons. The van der Waals surface area contributed by atoms with Gasteiger partial charge in [0.25, 0.3) is 0 Å². The van der Waals surface area contributed by atoms with E-state index >= 15 is 0 Å². The SMILES string of the molecule is Nc1nc(N2CC3(CC(F)C3)C2)c2[nH]cnc2n1. The molecule has 1 saturated carbocycles. The van der Waals surface area contributed by atoms with Gasteiger partial charge in [0, 0.05) is 18.5 Å². The van der Waals surface area contributed by atoms with Gasteiger partial charge in [-0.1, -0.05) is 0 Å². The summed E-state index contributed by atoms with van der Waals surface area (Å²) in [5.41, 5.74) is 7.23. The van der Waals surface area contributed by atoms with Crippen molar-refractivity contribution in [1.82, 2.24) is 19.9 Å². The van der Waals surface area contributed by atoms with Crippen LogP contribution in [0.3, 0.4) is 0 Å². The fraction of sp³-hybridized carbons (Fsp3) is 0.545. The van der Waals surface area contributed by atoms with Gasteiger partial charge < -0.3 is 15.6 Å². The second-order valence-corrected chi connectivity index (χ2v) is 5.37. The lowest BCUT2D eigenvalue weighted by molar-refractivity contribution is 0.000589. The van der Waals surface area contributed by atoms with Gasteiger partial charge in [-0.25, -0.2) is 9.37 Å². The van der Waals surface area contributed by atoms with Crippen LogP contribution >= 0.6 is 0 Å². The summed E-state index contributed by atoms with van der Waals surface area (Å²) in [6.07, 6.45) is 2.32. The lowest BCUT2D eigenvalue weighted by Gasteiger charge is -2.57. The van der Waals surface area contributed by atoms with E-state index in [9.17, 15) is 4.39 Å². The van der Waals surface area contributed by atoms with Crippen molar-refractivity contribution in [3.63, 3.8) is 0 Å². The second-order valence-electron chi connectivity index (χ2n) is 5.37. The van der Waals surface area contributed by atoms with Crippen LogP contribution in [0, 0.1) is 5.41 Å². The summed E-state index contributed by atoms with van der Waals surface area (Å²) in [5, 5.41) is 0. The molecular formula is C11H13FN6. The van der Waals surface area contributed by atoms with E-state index in [0.717, 1.165) is 24.4 Å². The van der Waals surface area contributed by atoms with E-state index in [1.807, 2.05) is 0 Å². The lowest BCUT2D eigenvalue weighted by Crippen LogP contribution is -2.63. The van der Waals surface area contributed by atoms with Gasteiger partial charge >= 0.3 is 0 Å². The number of anilines is 2. The van der Waals surface area contributed by atoms with E-state index in [4.69, 9.17) is 5.73 Å². The minimum atomic E-state index is -0.616. The summed E-state index contributed by atoms with van der Waals surface area (Å²) in [5.74, 6) is 1.01. The van der Waals surface area contributed by atoms with Crippen molar-refractivity contribution in [2.45, 2.75) is 19.0 Å². The largest absolute Gasteiger partial charge is 0.368 e. The topological polar surface area (TPSA) is 83.7 Å². The number of halogens is 1. The van der Waals surface area contributed by atoms with Gasteiger partial charge in [0.2, 0.25) is 5.95 Å². The summed E-state index contributed by atoms with van der Waals surface area (Å²) in [7, 11) is 0. The number of nitrogens with zero attached hydrogens (tertiary/aromatic N) is 4. The number of aromatic amines is 1. The van der Waals surface area contributed by atoms with Crippen molar-refractivity contribution in [2.24, 2.45) is 5.41 Å². The molecule has 18 heavy (non-hydrogen) atoms. The number of aromatic nitrogens is 4. The molecule has 2 aliphatic rings. The highest BCUT2D eigenvalue weighted by atomic mass is 19.1. The Bertz CT molecular complexity index is 609. The van der Waals surface area contributed by atoms with Gasteiger partial charge in [-0.3, -0.25) is 0 Å². The molecule has 1 aliphatic heterocycles. The van der Waals surface area contributed by atoms with Crippen LogP contribution in [0.4, 0.5) is 16.2 Å². The van der Waals surface area contributed by atoms with Crippen molar-refractivity contribution in [3.8, 4) is 0 Å². The molecule has 7 heteroatoms. The van der Waals surface area contributed by atoms with Crippen LogP contribution < -0.4 is 10.6 Å². The molecule has 2 fully saturated rings. The molecular weight excluding hydrogens is 235 g/mol. The smallest absolute Gasteiger partial charge is 0.224 e. The van der Waals surface area contributed by atoms with Gasteiger partial charge in [-0.2, -0.15) is 9.97 Å². The summed E-state index contributed by atoms with van der Waals surface area (Å²) < 4.78 is 13.0. The monoisotopic (exact) mass is 248 g/mol. The van der Waals surface area contributed by atoms with Crippen molar-refractivity contribution >= 4 is 22.9 Å². The number of H-pyrrole nitrogens is 1. The summed E-state index contributed by atoms with van der Waals surface area (Å²) in [6, 6.07) is 0. The number of hydrogen-bond donors (Lipinski definition) is 2. The molecule has 0 unspecified atom stereocenters. The van der Waals surface area contributed by atoms with E-state index in [1.54, 1.807) is 6.33 Å². The molecule has 2 aromatic rings. The molecule has 1 saturated heterocycles. The quantitative estimate of drug-likeness (QED) is 0.782. The number of fused-ring (bicyclic) bond motifs is 1. The van der Waals surface area contributed by atoms with Crippen LogP contribution in [-0.4, -0.2) is 39.2 Å². The van der Waals surface area contributed by atoms with E-state index in [2.05, 4.69) is 24.8 Å². The molecule has 0 amide bonds. The number of imidazole rings is 1. The number of nitrogens with one attached hydrogen (secondary N) is 1. The molecule has 3 N–H and O–H groups in total. The van der Waals surface area contributed by atoms with E-state index in [1.165, 1.54) is 0 Å². The maximum absolute atomic E-state index is 13.0. The molecule has 1 spiro atoms. The third kappa shape index (κ3) is 1.24. The predicted octanol–water partition coefficient (Wildman–Crippen LogP) is 0.873. The Morgan fingerprint density at radius 1 is 1.39 bits per heavy atom. The number of alkyl halides is 1. The van der Waals surface area contributed by atoms with Gasteiger partial charge in [0.05, 0.1) is 6.33 Å². The predicted molar refractivity (Wildman–Crippen MR) is 64.9 cm³/mol. The highest BCUT2D eigenvalue weighted by molar-refractivity contribution is 5.84. The molecule has 0 aromatic carbocycles. The van der Waals surface area contributed by atoms with Crippen LogP contribution in [-0.2, 0) is 0 Å². The molecule has 0 atom stereocenters. The first-order chi connectivity index (χ1) is 8.65. The van der Waals surface area contributed by atoms with Crippen LogP contribution in [0.1, 0.15) is 12.8 Å². The molecule has 1 aliphatic carbocycles. The fourth-order valence-electron chi connectivity index (χ4n) is 3.11. The molecule has 0 bridgehead atoms. The lowest BCUT2D eigenvalue weighted by atomic mass is 9.62. The average Bonchev–Trinajstić information content (AvgIpc) is 2.67. The summed E-state index contributed by atoms with van der Waals surface area (Å²) in [4.78, 5) is 17.6. The average molecular weight is 248 g/mol. The Labute approximate surface area is 102 Å². The third-order valence-corrected chi connectivity index (χ3v) is 3.94. The van der Waals surface area contributed by atoms with Crippen LogP contribution in [0.15, 0.2) is 6.33 Å². The Hall–Kier alpha value is -1.92. The van der Waals surface area contributed by atoms with Crippen molar-refractivity contribution in [2.75, 3.05) is 23.7 Å². The van der Waals surface area contributed by atoms with Crippen molar-refractivity contribution < 1.29 is 4.39 Å². The molecule has 4 rings (SSSR count). The number of rotatable bonds is 1. The highest BCUT2D eigenvalue weighted by Gasteiger charge is 2.53. The van der Waals surface area contributed by atoms with Crippen molar-refractivity contribution in [3.05, 3.63) is 6.33 Å². The minimum Gasteiger partial charge on any atom is -0.368 e. The summed E-state index contributed by atoms with van der Waals surface area (Å²) >= 11 is 0. The molecule has 3 heterocycles. The van der Waals surface area contributed by atoms with Gasteiger partial charge in [0.1, 0.15) is 11.7 Å². The standard InChI is InChI=1S/C11H13FN6/c12-6-1-11(2-6)3-18(4-11)9-7-8(15-5-14-7)16-10(13)17-9/h5-6H,1-4H2,(H3,13,14,15,16,17). The Morgan fingerprint density at radius 2 is 2.17 bits per heavy atom.